The lowest BCUT2D eigenvalue weighted by molar-refractivity contribution is -0.122. The number of carbonyl (C=O) groups excluding carboxylic acids is 3. The number of rotatable bonds is 8. The standard InChI is InChI=1S/C29H25ClN2O7/c1-4-38-24-14-19(13-23(30)25(24)39-15-18-6-8-20(9-7-18)28(35)36)12-22-26(33)31-29(37)32(27(22)34)21-10-5-16(2)17(3)11-21/h5-14H,4,15H2,1-3H3,(H,35,36)(H,31,33,37)/b22-12+. The molecule has 4 amide bonds. The van der Waals surface area contributed by atoms with Crippen molar-refractivity contribution in [3.05, 3.63) is 93.0 Å². The Morgan fingerprint density at radius 1 is 1.00 bits per heavy atom. The fourth-order valence-corrected chi connectivity index (χ4v) is 4.17. The summed E-state index contributed by atoms with van der Waals surface area (Å²) in [7, 11) is 0. The second-order valence-corrected chi connectivity index (χ2v) is 9.19. The lowest BCUT2D eigenvalue weighted by atomic mass is 10.0. The van der Waals surface area contributed by atoms with Gasteiger partial charge in [0.25, 0.3) is 11.8 Å². The summed E-state index contributed by atoms with van der Waals surface area (Å²) in [5.41, 5.74) is 3.22. The quantitative estimate of drug-likeness (QED) is 0.289. The average Bonchev–Trinajstić information content (AvgIpc) is 2.88. The van der Waals surface area contributed by atoms with Crippen molar-refractivity contribution in [1.82, 2.24) is 5.32 Å². The van der Waals surface area contributed by atoms with Gasteiger partial charge in [0.15, 0.2) is 11.5 Å². The van der Waals surface area contributed by atoms with Crippen LogP contribution in [0.15, 0.2) is 60.2 Å². The predicted octanol–water partition coefficient (Wildman–Crippen LogP) is 5.30. The molecule has 0 unspecified atom stereocenters. The molecule has 2 N–H and O–H groups in total. The summed E-state index contributed by atoms with van der Waals surface area (Å²) in [6.45, 7) is 5.92. The molecule has 0 spiro atoms. The molecule has 1 fully saturated rings. The van der Waals surface area contributed by atoms with Crippen molar-refractivity contribution >= 4 is 47.2 Å². The van der Waals surface area contributed by atoms with E-state index >= 15 is 0 Å². The number of anilines is 1. The molecule has 0 saturated carbocycles. The number of barbiturate groups is 1. The third-order valence-electron chi connectivity index (χ3n) is 6.08. The van der Waals surface area contributed by atoms with Crippen LogP contribution in [0.2, 0.25) is 5.02 Å². The van der Waals surface area contributed by atoms with Crippen molar-refractivity contribution in [2.24, 2.45) is 0 Å². The number of hydrogen-bond donors (Lipinski definition) is 2. The average molecular weight is 549 g/mol. The minimum atomic E-state index is -1.03. The van der Waals surface area contributed by atoms with E-state index in [1.807, 2.05) is 13.8 Å². The van der Waals surface area contributed by atoms with E-state index in [0.717, 1.165) is 16.0 Å². The Morgan fingerprint density at radius 3 is 2.36 bits per heavy atom. The SMILES string of the molecule is CCOc1cc(/C=C2\C(=O)NC(=O)N(c3ccc(C)c(C)c3)C2=O)cc(Cl)c1OCc1ccc(C(=O)O)cc1. The fraction of sp³-hybridized carbons (Fsp3) is 0.172. The van der Waals surface area contributed by atoms with Gasteiger partial charge in [-0.2, -0.15) is 0 Å². The number of aromatic carboxylic acids is 1. The maximum absolute atomic E-state index is 13.3. The number of carboxylic acids is 1. The summed E-state index contributed by atoms with van der Waals surface area (Å²) in [5, 5.41) is 11.4. The third kappa shape index (κ3) is 5.94. The van der Waals surface area contributed by atoms with Crippen LogP contribution in [0.4, 0.5) is 10.5 Å². The van der Waals surface area contributed by atoms with Crippen molar-refractivity contribution < 1.29 is 33.8 Å². The summed E-state index contributed by atoms with van der Waals surface area (Å²) < 4.78 is 11.6. The number of urea groups is 1. The molecule has 0 atom stereocenters. The minimum absolute atomic E-state index is 0.0913. The van der Waals surface area contributed by atoms with Crippen LogP contribution < -0.4 is 19.7 Å². The Bertz CT molecular complexity index is 1510. The molecule has 200 valence electrons. The highest BCUT2D eigenvalue weighted by atomic mass is 35.5. The van der Waals surface area contributed by atoms with Gasteiger partial charge in [-0.1, -0.05) is 29.8 Å². The highest BCUT2D eigenvalue weighted by Gasteiger charge is 2.37. The van der Waals surface area contributed by atoms with E-state index in [2.05, 4.69) is 5.32 Å². The van der Waals surface area contributed by atoms with Gasteiger partial charge in [0.2, 0.25) is 0 Å². The van der Waals surface area contributed by atoms with Crippen LogP contribution in [-0.4, -0.2) is 35.5 Å². The van der Waals surface area contributed by atoms with Gasteiger partial charge in [0.1, 0.15) is 12.2 Å². The normalized spacial score (nSPS) is 14.4. The Hall–Kier alpha value is -4.63. The molecule has 1 aliphatic rings. The summed E-state index contributed by atoms with van der Waals surface area (Å²) in [5.74, 6) is -2.10. The first-order valence-corrected chi connectivity index (χ1v) is 12.4. The van der Waals surface area contributed by atoms with Gasteiger partial charge in [-0.05, 0) is 85.5 Å². The van der Waals surface area contributed by atoms with Crippen molar-refractivity contribution in [1.29, 1.82) is 0 Å². The Morgan fingerprint density at radius 2 is 1.72 bits per heavy atom. The zero-order valence-corrected chi connectivity index (χ0v) is 22.2. The smallest absolute Gasteiger partial charge is 0.335 e. The molecule has 1 aliphatic heterocycles. The molecule has 3 aromatic carbocycles. The van der Waals surface area contributed by atoms with Crippen molar-refractivity contribution in [3.8, 4) is 11.5 Å². The molecule has 0 bridgehead atoms. The highest BCUT2D eigenvalue weighted by Crippen LogP contribution is 2.38. The van der Waals surface area contributed by atoms with Crippen LogP contribution in [0.3, 0.4) is 0 Å². The number of nitrogens with zero attached hydrogens (tertiary/aromatic N) is 1. The molecular formula is C29H25ClN2O7. The lowest BCUT2D eigenvalue weighted by Gasteiger charge is -2.27. The molecule has 3 aromatic rings. The summed E-state index contributed by atoms with van der Waals surface area (Å²) in [4.78, 5) is 50.4. The second-order valence-electron chi connectivity index (χ2n) is 8.78. The zero-order valence-electron chi connectivity index (χ0n) is 21.4. The predicted molar refractivity (Wildman–Crippen MR) is 145 cm³/mol. The first-order chi connectivity index (χ1) is 18.6. The van der Waals surface area contributed by atoms with Crippen molar-refractivity contribution in [3.63, 3.8) is 0 Å². The number of carbonyl (C=O) groups is 4. The molecule has 0 aromatic heterocycles. The van der Waals surface area contributed by atoms with E-state index in [1.165, 1.54) is 24.3 Å². The Balaban J connectivity index is 1.63. The van der Waals surface area contributed by atoms with E-state index < -0.39 is 23.8 Å². The minimum Gasteiger partial charge on any atom is -0.490 e. The van der Waals surface area contributed by atoms with Gasteiger partial charge >= 0.3 is 12.0 Å². The van der Waals surface area contributed by atoms with E-state index in [9.17, 15) is 19.2 Å². The van der Waals surface area contributed by atoms with Crippen molar-refractivity contribution in [2.75, 3.05) is 11.5 Å². The molecule has 0 aliphatic carbocycles. The fourth-order valence-electron chi connectivity index (χ4n) is 3.90. The van der Waals surface area contributed by atoms with Crippen LogP contribution in [0.25, 0.3) is 6.08 Å². The first kappa shape index (κ1) is 27.4. The van der Waals surface area contributed by atoms with Crippen LogP contribution in [0.1, 0.15) is 39.5 Å². The summed E-state index contributed by atoms with van der Waals surface area (Å²) in [6, 6.07) is 13.6. The molecule has 0 radical (unpaired) electrons. The van der Waals surface area contributed by atoms with Gasteiger partial charge < -0.3 is 14.6 Å². The number of imide groups is 2. The number of halogens is 1. The highest BCUT2D eigenvalue weighted by molar-refractivity contribution is 6.39. The molecule has 39 heavy (non-hydrogen) atoms. The van der Waals surface area contributed by atoms with E-state index in [-0.39, 0.29) is 40.9 Å². The first-order valence-electron chi connectivity index (χ1n) is 12.0. The largest absolute Gasteiger partial charge is 0.490 e. The van der Waals surface area contributed by atoms with E-state index in [0.29, 0.717) is 16.8 Å². The maximum Gasteiger partial charge on any atom is 0.335 e. The number of amides is 4. The number of carboxylic acid groups (broad SMARTS) is 1. The van der Waals surface area contributed by atoms with E-state index in [4.69, 9.17) is 26.2 Å². The number of benzene rings is 3. The van der Waals surface area contributed by atoms with Crippen LogP contribution in [-0.2, 0) is 16.2 Å². The maximum atomic E-state index is 13.3. The monoisotopic (exact) mass is 548 g/mol. The third-order valence-corrected chi connectivity index (χ3v) is 6.36. The summed E-state index contributed by atoms with van der Waals surface area (Å²) in [6.07, 6.45) is 1.33. The van der Waals surface area contributed by atoms with Gasteiger partial charge in [0.05, 0.1) is 22.9 Å². The molecule has 1 heterocycles. The zero-order chi connectivity index (χ0) is 28.3. The molecule has 10 heteroatoms. The van der Waals surface area contributed by atoms with Gasteiger partial charge in [0, 0.05) is 0 Å². The number of hydrogen-bond acceptors (Lipinski definition) is 6. The molecule has 1 saturated heterocycles. The molecular weight excluding hydrogens is 524 g/mol. The van der Waals surface area contributed by atoms with Gasteiger partial charge in [-0.15, -0.1) is 0 Å². The van der Waals surface area contributed by atoms with Gasteiger partial charge in [-0.3, -0.25) is 14.9 Å². The van der Waals surface area contributed by atoms with Crippen LogP contribution in [0.5, 0.6) is 11.5 Å². The summed E-state index contributed by atoms with van der Waals surface area (Å²) >= 11 is 6.51. The molecule has 9 nitrogen and oxygen atoms in total. The number of aryl methyl sites for hydroxylation is 2. The Labute approximate surface area is 229 Å². The number of nitrogens with one attached hydrogen (secondary N) is 1. The van der Waals surface area contributed by atoms with Crippen LogP contribution in [0, 0.1) is 13.8 Å². The Kier molecular flexibility index (Phi) is 8.01. The lowest BCUT2D eigenvalue weighted by Crippen LogP contribution is -2.54. The molecule has 4 rings (SSSR count). The topological polar surface area (TPSA) is 122 Å². The van der Waals surface area contributed by atoms with E-state index in [1.54, 1.807) is 43.3 Å². The second kappa shape index (κ2) is 11.4. The van der Waals surface area contributed by atoms with Crippen molar-refractivity contribution in [2.45, 2.75) is 27.4 Å². The van der Waals surface area contributed by atoms with Gasteiger partial charge in [-0.25, -0.2) is 14.5 Å². The number of ether oxygens (including phenoxy) is 2. The van der Waals surface area contributed by atoms with Crippen LogP contribution >= 0.6 is 11.6 Å².